The van der Waals surface area contributed by atoms with Crippen LogP contribution in [-0.2, 0) is 17.7 Å². The minimum absolute atomic E-state index is 0.0359. The van der Waals surface area contributed by atoms with Crippen molar-refractivity contribution in [3.8, 4) is 0 Å². The number of nitrogens with zero attached hydrogens (tertiary/aromatic N) is 2. The predicted octanol–water partition coefficient (Wildman–Crippen LogP) is 3.81. The van der Waals surface area contributed by atoms with Crippen LogP contribution in [0, 0.1) is 0 Å². The normalized spacial score (nSPS) is 12.8. The number of amides is 1. The van der Waals surface area contributed by atoms with E-state index in [1.54, 1.807) is 36.5 Å². The van der Waals surface area contributed by atoms with E-state index in [4.69, 9.17) is 4.74 Å². The maximum absolute atomic E-state index is 13.0. The lowest BCUT2D eigenvalue weighted by Crippen LogP contribution is -2.35. The number of hydrogen-bond acceptors (Lipinski definition) is 5. The standard InChI is InChI=1S/C23H21N3O3/c1-29-23(28)19-8-4-5-9-20(19)25-21-14-17(10-12-24-21)22(27)26-13-11-16-6-2-3-7-18(16)15-26/h2-10,12,14H,11,13,15H2,1H3,(H,24,25). The van der Waals surface area contributed by atoms with Gasteiger partial charge in [-0.05, 0) is 41.8 Å². The first kappa shape index (κ1) is 18.7. The van der Waals surface area contributed by atoms with Gasteiger partial charge in [-0.3, -0.25) is 4.79 Å². The van der Waals surface area contributed by atoms with E-state index in [0.717, 1.165) is 6.42 Å². The number of esters is 1. The summed E-state index contributed by atoms with van der Waals surface area (Å²) in [7, 11) is 1.34. The fourth-order valence-corrected chi connectivity index (χ4v) is 3.50. The molecule has 0 bridgehead atoms. The molecule has 1 N–H and O–H groups in total. The van der Waals surface area contributed by atoms with Crippen molar-refractivity contribution in [1.29, 1.82) is 0 Å². The number of methoxy groups -OCH3 is 1. The first-order valence-electron chi connectivity index (χ1n) is 9.42. The Morgan fingerprint density at radius 3 is 2.62 bits per heavy atom. The second-order valence-corrected chi connectivity index (χ2v) is 6.84. The molecule has 3 aromatic rings. The van der Waals surface area contributed by atoms with E-state index in [1.807, 2.05) is 23.1 Å². The summed E-state index contributed by atoms with van der Waals surface area (Å²) in [5.74, 6) is 0.0168. The Kier molecular flexibility index (Phi) is 5.24. The number of nitrogens with one attached hydrogen (secondary N) is 1. The van der Waals surface area contributed by atoms with Gasteiger partial charge in [0.1, 0.15) is 5.82 Å². The second-order valence-electron chi connectivity index (χ2n) is 6.84. The predicted molar refractivity (Wildman–Crippen MR) is 110 cm³/mol. The van der Waals surface area contributed by atoms with E-state index in [-0.39, 0.29) is 5.91 Å². The van der Waals surface area contributed by atoms with Gasteiger partial charge in [0.05, 0.1) is 18.4 Å². The van der Waals surface area contributed by atoms with Crippen LogP contribution >= 0.6 is 0 Å². The number of ether oxygens (including phenoxy) is 1. The maximum atomic E-state index is 13.0. The molecule has 0 spiro atoms. The quantitative estimate of drug-likeness (QED) is 0.690. The van der Waals surface area contributed by atoms with Crippen molar-refractivity contribution in [2.24, 2.45) is 0 Å². The summed E-state index contributed by atoms with van der Waals surface area (Å²) in [6, 6.07) is 18.6. The van der Waals surface area contributed by atoms with Crippen molar-refractivity contribution < 1.29 is 14.3 Å². The van der Waals surface area contributed by atoms with Crippen molar-refractivity contribution in [2.75, 3.05) is 19.0 Å². The molecule has 0 atom stereocenters. The van der Waals surface area contributed by atoms with Gasteiger partial charge in [-0.25, -0.2) is 9.78 Å². The Bertz CT molecular complexity index is 1060. The molecule has 6 nitrogen and oxygen atoms in total. The summed E-state index contributed by atoms with van der Waals surface area (Å²) >= 11 is 0. The Morgan fingerprint density at radius 1 is 1.03 bits per heavy atom. The van der Waals surface area contributed by atoms with Crippen molar-refractivity contribution >= 4 is 23.4 Å². The Labute approximate surface area is 169 Å². The zero-order chi connectivity index (χ0) is 20.2. The first-order valence-corrected chi connectivity index (χ1v) is 9.42. The highest BCUT2D eigenvalue weighted by molar-refractivity contribution is 5.97. The molecule has 2 heterocycles. The Hall–Kier alpha value is -3.67. The molecule has 0 saturated carbocycles. The third-order valence-electron chi connectivity index (χ3n) is 5.02. The topological polar surface area (TPSA) is 71.5 Å². The highest BCUT2D eigenvalue weighted by Gasteiger charge is 2.22. The monoisotopic (exact) mass is 387 g/mol. The third kappa shape index (κ3) is 3.96. The van der Waals surface area contributed by atoms with Gasteiger partial charge in [0.15, 0.2) is 0 Å². The lowest BCUT2D eigenvalue weighted by atomic mass is 9.99. The number of anilines is 2. The molecule has 0 radical (unpaired) electrons. The van der Waals surface area contributed by atoms with Crippen LogP contribution in [0.1, 0.15) is 31.8 Å². The molecule has 29 heavy (non-hydrogen) atoms. The smallest absolute Gasteiger partial charge is 0.339 e. The van der Waals surface area contributed by atoms with Gasteiger partial charge >= 0.3 is 5.97 Å². The average Bonchev–Trinajstić information content (AvgIpc) is 2.78. The first-order chi connectivity index (χ1) is 14.2. The number of pyridine rings is 1. The summed E-state index contributed by atoms with van der Waals surface area (Å²) in [6.07, 6.45) is 2.44. The molecular weight excluding hydrogens is 366 g/mol. The van der Waals surface area contributed by atoms with Crippen LogP contribution in [0.5, 0.6) is 0 Å². The number of aromatic nitrogens is 1. The van der Waals surface area contributed by atoms with Crippen molar-refractivity contribution in [1.82, 2.24) is 9.88 Å². The van der Waals surface area contributed by atoms with Crippen LogP contribution in [0.3, 0.4) is 0 Å². The van der Waals surface area contributed by atoms with Gasteiger partial charge in [-0.2, -0.15) is 0 Å². The Morgan fingerprint density at radius 2 is 1.79 bits per heavy atom. The molecule has 4 rings (SSSR count). The minimum atomic E-state index is -0.438. The van der Waals surface area contributed by atoms with Gasteiger partial charge in [0.25, 0.3) is 5.91 Å². The number of hydrogen-bond donors (Lipinski definition) is 1. The van der Waals surface area contributed by atoms with Crippen molar-refractivity contribution in [3.63, 3.8) is 0 Å². The highest BCUT2D eigenvalue weighted by Crippen LogP contribution is 2.23. The lowest BCUT2D eigenvalue weighted by Gasteiger charge is -2.29. The van der Waals surface area contributed by atoms with E-state index in [9.17, 15) is 9.59 Å². The third-order valence-corrected chi connectivity index (χ3v) is 5.02. The van der Waals surface area contributed by atoms with Crippen LogP contribution in [0.25, 0.3) is 0 Å². The highest BCUT2D eigenvalue weighted by atomic mass is 16.5. The SMILES string of the molecule is COC(=O)c1ccccc1Nc1cc(C(=O)N2CCc3ccccc3C2)ccn1. The molecule has 1 aliphatic rings. The molecule has 1 aliphatic heterocycles. The molecular formula is C23H21N3O3. The van der Waals surface area contributed by atoms with E-state index in [0.29, 0.717) is 35.7 Å². The van der Waals surface area contributed by atoms with Gasteiger partial charge in [-0.15, -0.1) is 0 Å². The number of carbonyl (C=O) groups is 2. The summed E-state index contributed by atoms with van der Waals surface area (Å²) in [5.41, 5.74) is 4.02. The van der Waals surface area contributed by atoms with Gasteiger partial charge in [0.2, 0.25) is 0 Å². The molecule has 1 amide bonds. The zero-order valence-corrected chi connectivity index (χ0v) is 16.1. The van der Waals surface area contributed by atoms with E-state index < -0.39 is 5.97 Å². The molecule has 146 valence electrons. The number of fused-ring (bicyclic) bond motifs is 1. The van der Waals surface area contributed by atoms with Crippen LogP contribution in [0.15, 0.2) is 66.9 Å². The molecule has 0 unspecified atom stereocenters. The summed E-state index contributed by atoms with van der Waals surface area (Å²) in [6.45, 7) is 1.29. The van der Waals surface area contributed by atoms with Gasteiger partial charge in [0, 0.05) is 24.8 Å². The van der Waals surface area contributed by atoms with Gasteiger partial charge < -0.3 is 15.0 Å². The van der Waals surface area contributed by atoms with Crippen molar-refractivity contribution in [2.45, 2.75) is 13.0 Å². The fraction of sp³-hybridized carbons (Fsp3) is 0.174. The summed E-state index contributed by atoms with van der Waals surface area (Å²) in [5, 5.41) is 3.12. The van der Waals surface area contributed by atoms with Gasteiger partial charge in [-0.1, -0.05) is 36.4 Å². The molecule has 6 heteroatoms. The number of benzene rings is 2. The molecule has 1 aromatic heterocycles. The average molecular weight is 387 g/mol. The zero-order valence-electron chi connectivity index (χ0n) is 16.1. The lowest BCUT2D eigenvalue weighted by molar-refractivity contribution is 0.0601. The van der Waals surface area contributed by atoms with Crippen LogP contribution < -0.4 is 5.32 Å². The van der Waals surface area contributed by atoms with Crippen LogP contribution in [-0.4, -0.2) is 35.4 Å². The Balaban J connectivity index is 1.54. The van der Waals surface area contributed by atoms with Crippen LogP contribution in [0.4, 0.5) is 11.5 Å². The molecule has 0 saturated heterocycles. The van der Waals surface area contributed by atoms with E-state index >= 15 is 0 Å². The maximum Gasteiger partial charge on any atom is 0.339 e. The molecule has 2 aromatic carbocycles. The summed E-state index contributed by atoms with van der Waals surface area (Å²) in [4.78, 5) is 31.1. The largest absolute Gasteiger partial charge is 0.465 e. The van der Waals surface area contributed by atoms with Crippen LogP contribution in [0.2, 0.25) is 0 Å². The summed E-state index contributed by atoms with van der Waals surface area (Å²) < 4.78 is 4.82. The fourth-order valence-electron chi connectivity index (χ4n) is 3.50. The minimum Gasteiger partial charge on any atom is -0.465 e. The number of para-hydroxylation sites is 1. The van der Waals surface area contributed by atoms with E-state index in [2.05, 4.69) is 22.4 Å². The molecule has 0 fully saturated rings. The number of rotatable bonds is 4. The van der Waals surface area contributed by atoms with E-state index in [1.165, 1.54) is 18.2 Å². The molecule has 0 aliphatic carbocycles. The second kappa shape index (κ2) is 8.14. The van der Waals surface area contributed by atoms with Crippen molar-refractivity contribution in [3.05, 3.63) is 89.1 Å². The number of carbonyl (C=O) groups excluding carboxylic acids is 2.